The average molecular weight is 234 g/mol. The van der Waals surface area contributed by atoms with Crippen LogP contribution < -0.4 is 5.73 Å². The Balaban J connectivity index is 2.27. The van der Waals surface area contributed by atoms with Gasteiger partial charge in [0, 0.05) is 10.6 Å². The second-order valence-corrected chi connectivity index (χ2v) is 4.76. The highest BCUT2D eigenvalue weighted by molar-refractivity contribution is 7.99. The molecule has 2 rings (SSSR count). The Hall–Kier alpha value is -1.42. The van der Waals surface area contributed by atoms with Gasteiger partial charge in [0.25, 0.3) is 5.22 Å². The van der Waals surface area contributed by atoms with Crippen molar-refractivity contribution in [1.82, 2.24) is 4.98 Å². The molecule has 0 bridgehead atoms. The minimum Gasteiger partial charge on any atom is -0.436 e. The van der Waals surface area contributed by atoms with Crippen molar-refractivity contribution in [3.63, 3.8) is 0 Å². The first-order valence-electron chi connectivity index (χ1n) is 5.04. The van der Waals surface area contributed by atoms with E-state index in [1.807, 2.05) is 39.0 Å². The van der Waals surface area contributed by atoms with Crippen molar-refractivity contribution >= 4 is 17.4 Å². The lowest BCUT2D eigenvalue weighted by Gasteiger charge is -2.02. The number of nitrogen functional groups attached to an aromatic ring is 1. The second-order valence-electron chi connectivity index (χ2n) is 3.76. The maximum atomic E-state index is 5.92. The van der Waals surface area contributed by atoms with Crippen LogP contribution in [0.4, 0.5) is 5.69 Å². The molecule has 0 atom stereocenters. The zero-order valence-electron chi connectivity index (χ0n) is 9.57. The van der Waals surface area contributed by atoms with E-state index >= 15 is 0 Å². The Bertz CT molecular complexity index is 500. The van der Waals surface area contributed by atoms with Crippen molar-refractivity contribution in [3.8, 4) is 0 Å². The van der Waals surface area contributed by atoms with Crippen molar-refractivity contribution in [2.45, 2.75) is 30.9 Å². The van der Waals surface area contributed by atoms with Gasteiger partial charge in [-0.15, -0.1) is 0 Å². The normalized spacial score (nSPS) is 10.7. The van der Waals surface area contributed by atoms with Gasteiger partial charge in [0.1, 0.15) is 5.76 Å². The van der Waals surface area contributed by atoms with E-state index in [9.17, 15) is 0 Å². The fourth-order valence-electron chi connectivity index (χ4n) is 1.34. The monoisotopic (exact) mass is 234 g/mol. The molecular weight excluding hydrogens is 220 g/mol. The molecule has 0 saturated carbocycles. The molecule has 0 aliphatic heterocycles. The molecule has 1 aromatic heterocycles. The SMILES string of the molecule is Cc1ccc(Sc2nc(C)c(C)o2)c(N)c1. The van der Waals surface area contributed by atoms with E-state index in [2.05, 4.69) is 4.98 Å². The molecule has 2 N–H and O–H groups in total. The maximum absolute atomic E-state index is 5.92. The Morgan fingerprint density at radius 2 is 2.00 bits per heavy atom. The minimum atomic E-state index is 0.644. The van der Waals surface area contributed by atoms with Gasteiger partial charge in [-0.1, -0.05) is 6.07 Å². The highest BCUT2D eigenvalue weighted by Crippen LogP contribution is 2.32. The largest absolute Gasteiger partial charge is 0.436 e. The zero-order valence-corrected chi connectivity index (χ0v) is 10.4. The molecule has 1 heterocycles. The van der Waals surface area contributed by atoms with E-state index in [4.69, 9.17) is 10.2 Å². The molecule has 2 aromatic rings. The molecule has 0 amide bonds. The number of nitrogens with zero attached hydrogens (tertiary/aromatic N) is 1. The molecule has 0 unspecified atom stereocenters. The minimum absolute atomic E-state index is 0.644. The number of oxazole rings is 1. The van der Waals surface area contributed by atoms with Crippen molar-refractivity contribution in [2.24, 2.45) is 0 Å². The molecule has 0 aliphatic rings. The van der Waals surface area contributed by atoms with Gasteiger partial charge >= 0.3 is 0 Å². The van der Waals surface area contributed by atoms with Crippen molar-refractivity contribution in [3.05, 3.63) is 35.2 Å². The standard InChI is InChI=1S/C12H14N2OS/c1-7-4-5-11(10(13)6-7)16-12-14-8(2)9(3)15-12/h4-6H,13H2,1-3H3. The molecule has 16 heavy (non-hydrogen) atoms. The van der Waals surface area contributed by atoms with Crippen LogP contribution in [0.15, 0.2) is 32.7 Å². The maximum Gasteiger partial charge on any atom is 0.261 e. The number of aryl methyl sites for hydroxylation is 3. The van der Waals surface area contributed by atoms with E-state index in [0.29, 0.717) is 5.22 Å². The van der Waals surface area contributed by atoms with Gasteiger partial charge in [0.05, 0.1) is 5.69 Å². The Morgan fingerprint density at radius 1 is 1.25 bits per heavy atom. The van der Waals surface area contributed by atoms with Crippen LogP contribution in [-0.4, -0.2) is 4.98 Å². The summed E-state index contributed by atoms with van der Waals surface area (Å²) in [7, 11) is 0. The molecule has 0 radical (unpaired) electrons. The van der Waals surface area contributed by atoms with Crippen LogP contribution in [-0.2, 0) is 0 Å². The lowest BCUT2D eigenvalue weighted by atomic mass is 10.2. The molecule has 0 aliphatic carbocycles. The van der Waals surface area contributed by atoms with E-state index in [-0.39, 0.29) is 0 Å². The number of aromatic nitrogens is 1. The number of benzene rings is 1. The average Bonchev–Trinajstić information content (AvgIpc) is 2.51. The van der Waals surface area contributed by atoms with Crippen LogP contribution in [0, 0.1) is 20.8 Å². The highest BCUT2D eigenvalue weighted by Gasteiger charge is 2.09. The van der Waals surface area contributed by atoms with Crippen molar-refractivity contribution in [1.29, 1.82) is 0 Å². The molecule has 4 heteroatoms. The van der Waals surface area contributed by atoms with Gasteiger partial charge < -0.3 is 10.2 Å². The lowest BCUT2D eigenvalue weighted by Crippen LogP contribution is -1.89. The van der Waals surface area contributed by atoms with Crippen LogP contribution in [0.25, 0.3) is 0 Å². The fourth-order valence-corrected chi connectivity index (χ4v) is 2.19. The van der Waals surface area contributed by atoms with Crippen molar-refractivity contribution < 1.29 is 4.42 Å². The van der Waals surface area contributed by atoms with Gasteiger partial charge in [0.2, 0.25) is 0 Å². The number of anilines is 1. The third-order valence-corrected chi connectivity index (χ3v) is 3.31. The predicted molar refractivity (Wildman–Crippen MR) is 65.7 cm³/mol. The second kappa shape index (κ2) is 4.22. The quantitative estimate of drug-likeness (QED) is 0.810. The van der Waals surface area contributed by atoms with Crippen LogP contribution in [0.1, 0.15) is 17.0 Å². The third-order valence-electron chi connectivity index (χ3n) is 2.37. The smallest absolute Gasteiger partial charge is 0.261 e. The van der Waals surface area contributed by atoms with E-state index < -0.39 is 0 Å². The van der Waals surface area contributed by atoms with Gasteiger partial charge in [-0.3, -0.25) is 0 Å². The molecule has 84 valence electrons. The fraction of sp³-hybridized carbons (Fsp3) is 0.250. The van der Waals surface area contributed by atoms with Crippen LogP contribution >= 0.6 is 11.8 Å². The molecule has 0 fully saturated rings. The summed E-state index contributed by atoms with van der Waals surface area (Å²) < 4.78 is 5.50. The zero-order chi connectivity index (χ0) is 11.7. The molecule has 0 saturated heterocycles. The number of hydrogen-bond acceptors (Lipinski definition) is 4. The van der Waals surface area contributed by atoms with Gasteiger partial charge in [-0.2, -0.15) is 0 Å². The summed E-state index contributed by atoms with van der Waals surface area (Å²) in [6, 6.07) is 5.97. The Kier molecular flexibility index (Phi) is 2.92. The lowest BCUT2D eigenvalue weighted by molar-refractivity contribution is 0.431. The van der Waals surface area contributed by atoms with Crippen LogP contribution in [0.2, 0.25) is 0 Å². The Labute approximate surface area is 99.1 Å². The third kappa shape index (κ3) is 2.22. The van der Waals surface area contributed by atoms with Crippen LogP contribution in [0.3, 0.4) is 0 Å². The predicted octanol–water partition coefficient (Wildman–Crippen LogP) is 3.33. The number of nitrogens with two attached hydrogens (primary N) is 1. The summed E-state index contributed by atoms with van der Waals surface area (Å²) in [5.74, 6) is 0.855. The molecular formula is C12H14N2OS. The van der Waals surface area contributed by atoms with E-state index in [1.54, 1.807) is 0 Å². The Morgan fingerprint density at radius 3 is 2.56 bits per heavy atom. The molecule has 1 aromatic carbocycles. The van der Waals surface area contributed by atoms with Gasteiger partial charge in [-0.25, -0.2) is 4.98 Å². The summed E-state index contributed by atoms with van der Waals surface area (Å²) in [6.07, 6.45) is 0. The molecule has 0 spiro atoms. The number of rotatable bonds is 2. The summed E-state index contributed by atoms with van der Waals surface area (Å²) in [5.41, 5.74) is 8.76. The summed E-state index contributed by atoms with van der Waals surface area (Å²) >= 11 is 1.46. The first-order valence-corrected chi connectivity index (χ1v) is 5.86. The first kappa shape index (κ1) is 11.1. The number of hydrogen-bond donors (Lipinski definition) is 1. The van der Waals surface area contributed by atoms with E-state index in [0.717, 1.165) is 27.6 Å². The summed E-state index contributed by atoms with van der Waals surface area (Å²) in [5, 5.41) is 0.644. The highest BCUT2D eigenvalue weighted by atomic mass is 32.2. The van der Waals surface area contributed by atoms with Crippen molar-refractivity contribution in [2.75, 3.05) is 5.73 Å². The van der Waals surface area contributed by atoms with Crippen LogP contribution in [0.5, 0.6) is 0 Å². The summed E-state index contributed by atoms with van der Waals surface area (Å²) in [4.78, 5) is 5.29. The summed E-state index contributed by atoms with van der Waals surface area (Å²) in [6.45, 7) is 5.86. The molecule has 3 nitrogen and oxygen atoms in total. The first-order chi connectivity index (χ1) is 7.56. The van der Waals surface area contributed by atoms with Gasteiger partial charge in [-0.05, 0) is 50.2 Å². The van der Waals surface area contributed by atoms with Gasteiger partial charge in [0.15, 0.2) is 0 Å². The van der Waals surface area contributed by atoms with E-state index in [1.165, 1.54) is 11.8 Å². The topological polar surface area (TPSA) is 52.0 Å².